The van der Waals surface area contributed by atoms with Gasteiger partial charge in [0.05, 0.1) is 6.61 Å². The topological polar surface area (TPSA) is 75.1 Å². The van der Waals surface area contributed by atoms with E-state index in [1.807, 2.05) is 24.3 Å². The quantitative estimate of drug-likeness (QED) is 0.215. The Balaban J connectivity index is 0.00000364. The molecule has 0 saturated carbocycles. The van der Waals surface area contributed by atoms with Crippen LogP contribution >= 0.6 is 24.0 Å². The normalized spacial score (nSPS) is 19.1. The summed E-state index contributed by atoms with van der Waals surface area (Å²) in [5, 5.41) is 16.0. The van der Waals surface area contributed by atoms with Crippen molar-refractivity contribution in [3.8, 4) is 18.1 Å². The van der Waals surface area contributed by atoms with Gasteiger partial charge in [0.2, 0.25) is 0 Å². The van der Waals surface area contributed by atoms with E-state index in [2.05, 4.69) is 21.5 Å². The highest BCUT2D eigenvalue weighted by molar-refractivity contribution is 14.0. The highest BCUT2D eigenvalue weighted by Gasteiger charge is 2.34. The second-order valence-corrected chi connectivity index (χ2v) is 6.52. The number of terminal acetylenes is 1. The van der Waals surface area contributed by atoms with Gasteiger partial charge in [-0.25, -0.2) is 0 Å². The molecule has 1 aliphatic heterocycles. The molecule has 7 heteroatoms. The van der Waals surface area contributed by atoms with Gasteiger partial charge in [-0.1, -0.05) is 18.1 Å². The smallest absolute Gasteiger partial charge is 0.191 e. The average Bonchev–Trinajstić information content (AvgIpc) is 3.13. The van der Waals surface area contributed by atoms with Crippen LogP contribution in [0, 0.1) is 17.8 Å². The first-order chi connectivity index (χ1) is 12.7. The van der Waals surface area contributed by atoms with Crippen molar-refractivity contribution >= 4 is 29.9 Å². The molecule has 0 bridgehead atoms. The minimum Gasteiger partial charge on any atom is -0.481 e. The Morgan fingerprint density at radius 3 is 2.74 bits per heavy atom. The largest absolute Gasteiger partial charge is 0.481 e. The maximum atomic E-state index is 9.30. The summed E-state index contributed by atoms with van der Waals surface area (Å²) in [6.45, 7) is 3.42. The number of halogens is 1. The molecule has 2 rings (SSSR count). The van der Waals surface area contributed by atoms with Crippen molar-refractivity contribution < 1.29 is 14.6 Å². The minimum atomic E-state index is 0. The third kappa shape index (κ3) is 7.95. The van der Waals surface area contributed by atoms with E-state index < -0.39 is 0 Å². The molecule has 1 heterocycles. The van der Waals surface area contributed by atoms with Crippen molar-refractivity contribution in [1.29, 1.82) is 0 Å². The number of hydrogen-bond donors (Lipinski definition) is 3. The van der Waals surface area contributed by atoms with Crippen LogP contribution in [-0.4, -0.2) is 57.6 Å². The predicted octanol–water partition coefficient (Wildman–Crippen LogP) is 1.81. The number of nitrogens with zero attached hydrogens (tertiary/aromatic N) is 1. The summed E-state index contributed by atoms with van der Waals surface area (Å²) in [4.78, 5) is 4.27. The maximum Gasteiger partial charge on any atom is 0.191 e. The molecule has 0 radical (unpaired) electrons. The van der Waals surface area contributed by atoms with Gasteiger partial charge in [-0.05, 0) is 37.0 Å². The van der Waals surface area contributed by atoms with Crippen LogP contribution in [0.15, 0.2) is 29.3 Å². The van der Waals surface area contributed by atoms with E-state index >= 15 is 0 Å². The number of hydrogen-bond acceptors (Lipinski definition) is 4. The van der Waals surface area contributed by atoms with Crippen molar-refractivity contribution in [3.05, 3.63) is 29.8 Å². The molecule has 1 fully saturated rings. The molecule has 150 valence electrons. The molecule has 1 atom stereocenters. The Morgan fingerprint density at radius 2 is 2.15 bits per heavy atom. The van der Waals surface area contributed by atoms with Crippen LogP contribution < -0.4 is 15.4 Å². The van der Waals surface area contributed by atoms with Crippen LogP contribution in [-0.2, 0) is 11.2 Å². The summed E-state index contributed by atoms with van der Waals surface area (Å²) in [6, 6.07) is 7.93. The Kier molecular flexibility index (Phi) is 11.2. The summed E-state index contributed by atoms with van der Waals surface area (Å²) < 4.78 is 10.9. The van der Waals surface area contributed by atoms with Gasteiger partial charge >= 0.3 is 0 Å². The monoisotopic (exact) mass is 487 g/mol. The van der Waals surface area contributed by atoms with Crippen LogP contribution in [0.1, 0.15) is 18.4 Å². The van der Waals surface area contributed by atoms with Gasteiger partial charge in [0.15, 0.2) is 5.96 Å². The number of aliphatic imine (C=N–C) groups is 1. The molecule has 6 nitrogen and oxygen atoms in total. The Morgan fingerprint density at radius 1 is 1.37 bits per heavy atom. The minimum absolute atomic E-state index is 0. The fourth-order valence-corrected chi connectivity index (χ4v) is 3.01. The zero-order valence-corrected chi connectivity index (χ0v) is 18.2. The van der Waals surface area contributed by atoms with Crippen molar-refractivity contribution in [2.45, 2.75) is 19.3 Å². The van der Waals surface area contributed by atoms with E-state index in [0.29, 0.717) is 6.61 Å². The number of aliphatic hydroxyl groups excluding tert-OH is 1. The molecule has 1 aromatic carbocycles. The van der Waals surface area contributed by atoms with Gasteiger partial charge < -0.3 is 25.2 Å². The lowest BCUT2D eigenvalue weighted by molar-refractivity contribution is 0.127. The molecule has 1 unspecified atom stereocenters. The maximum absolute atomic E-state index is 9.30. The van der Waals surface area contributed by atoms with Gasteiger partial charge in [0, 0.05) is 38.8 Å². The number of benzene rings is 1. The lowest BCUT2D eigenvalue weighted by Gasteiger charge is -2.27. The fourth-order valence-electron chi connectivity index (χ4n) is 3.01. The molecular formula is C20H30IN3O3. The third-order valence-corrected chi connectivity index (χ3v) is 4.63. The molecule has 0 spiro atoms. The number of guanidine groups is 1. The average molecular weight is 487 g/mol. The summed E-state index contributed by atoms with van der Waals surface area (Å²) in [6.07, 6.45) is 7.76. The highest BCUT2D eigenvalue weighted by atomic mass is 127. The molecule has 0 aromatic heterocycles. The molecule has 27 heavy (non-hydrogen) atoms. The van der Waals surface area contributed by atoms with Gasteiger partial charge in [-0.15, -0.1) is 30.4 Å². The van der Waals surface area contributed by atoms with Gasteiger partial charge in [-0.2, -0.15) is 0 Å². The Hall–Kier alpha value is -1.50. The van der Waals surface area contributed by atoms with Crippen molar-refractivity contribution in [2.75, 3.05) is 46.6 Å². The predicted molar refractivity (Wildman–Crippen MR) is 119 cm³/mol. The summed E-state index contributed by atoms with van der Waals surface area (Å²) in [7, 11) is 1.76. The molecule has 3 N–H and O–H groups in total. The van der Waals surface area contributed by atoms with E-state index in [4.69, 9.17) is 15.9 Å². The van der Waals surface area contributed by atoms with Gasteiger partial charge in [0.25, 0.3) is 0 Å². The third-order valence-electron chi connectivity index (χ3n) is 4.63. The van der Waals surface area contributed by atoms with Crippen LogP contribution in [0.3, 0.4) is 0 Å². The van der Waals surface area contributed by atoms with E-state index in [-0.39, 0.29) is 42.6 Å². The first-order valence-electron chi connectivity index (χ1n) is 9.00. The van der Waals surface area contributed by atoms with Crippen molar-refractivity contribution in [1.82, 2.24) is 10.6 Å². The molecule has 0 aliphatic carbocycles. The lowest BCUT2D eigenvalue weighted by atomic mass is 9.84. The lowest BCUT2D eigenvalue weighted by Crippen LogP contribution is -2.45. The zero-order valence-electron chi connectivity index (χ0n) is 15.9. The van der Waals surface area contributed by atoms with E-state index in [0.717, 1.165) is 50.7 Å². The molecular weight excluding hydrogens is 457 g/mol. The van der Waals surface area contributed by atoms with E-state index in [1.54, 1.807) is 7.05 Å². The highest BCUT2D eigenvalue weighted by Crippen LogP contribution is 2.31. The number of rotatable bonds is 9. The van der Waals surface area contributed by atoms with Crippen LogP contribution in [0.5, 0.6) is 5.75 Å². The SMILES string of the molecule is C#CCOc1ccc(CCNC(=NC)NCC2(CCO)CCOC2)cc1.I. The van der Waals surface area contributed by atoms with Crippen molar-refractivity contribution in [3.63, 3.8) is 0 Å². The Bertz CT molecular complexity index is 608. The Labute approximate surface area is 179 Å². The molecule has 1 saturated heterocycles. The van der Waals surface area contributed by atoms with Gasteiger partial charge in [-0.3, -0.25) is 4.99 Å². The first kappa shape index (κ1) is 23.5. The van der Waals surface area contributed by atoms with Crippen LogP contribution in [0.4, 0.5) is 0 Å². The fraction of sp³-hybridized carbons (Fsp3) is 0.550. The number of ether oxygens (including phenoxy) is 2. The number of aliphatic hydroxyl groups is 1. The zero-order chi connectivity index (χ0) is 18.7. The van der Waals surface area contributed by atoms with E-state index in [9.17, 15) is 5.11 Å². The van der Waals surface area contributed by atoms with Crippen molar-refractivity contribution in [2.24, 2.45) is 10.4 Å². The summed E-state index contributed by atoms with van der Waals surface area (Å²) >= 11 is 0. The second kappa shape index (κ2) is 12.8. The number of nitrogens with one attached hydrogen (secondary N) is 2. The van der Waals surface area contributed by atoms with Crippen LogP contribution in [0.2, 0.25) is 0 Å². The van der Waals surface area contributed by atoms with Crippen LogP contribution in [0.25, 0.3) is 0 Å². The molecule has 1 aromatic rings. The van der Waals surface area contributed by atoms with E-state index in [1.165, 1.54) is 5.56 Å². The molecule has 1 aliphatic rings. The second-order valence-electron chi connectivity index (χ2n) is 6.52. The molecule has 0 amide bonds. The van der Waals surface area contributed by atoms with Gasteiger partial charge in [0.1, 0.15) is 12.4 Å². The summed E-state index contributed by atoms with van der Waals surface area (Å²) in [5.41, 5.74) is 1.21. The first-order valence-corrected chi connectivity index (χ1v) is 9.00. The summed E-state index contributed by atoms with van der Waals surface area (Å²) in [5.74, 6) is 4.00. The standard InChI is InChI=1S/C20H29N3O3.HI/c1-3-13-26-18-6-4-17(5-7-18)8-11-22-19(21-2)23-15-20(9-12-24)10-14-25-16-20;/h1,4-7,24H,8-16H2,2H3,(H2,21,22,23);1H.